The van der Waals surface area contributed by atoms with E-state index in [9.17, 15) is 24.3 Å². The number of alkyl halides is 1. The fraction of sp³-hybridized carbons (Fsp3) is 0.611. The number of rotatable bonds is 15. The Hall–Kier alpha value is -3.02. The molecule has 3 heterocycles. The normalized spacial score (nSPS) is 27.3. The van der Waals surface area contributed by atoms with Crippen molar-refractivity contribution in [2.24, 2.45) is 17.3 Å². The Morgan fingerprint density at radius 1 is 1.19 bits per heavy atom. The number of hydrogen-bond acceptors (Lipinski definition) is 7. The van der Waals surface area contributed by atoms with Crippen LogP contribution in [0.15, 0.2) is 55.6 Å². The van der Waals surface area contributed by atoms with E-state index < -0.39 is 58.9 Å². The van der Waals surface area contributed by atoms with Crippen LogP contribution >= 0.6 is 15.9 Å². The van der Waals surface area contributed by atoms with Crippen molar-refractivity contribution in [1.29, 1.82) is 0 Å². The molecule has 3 fully saturated rings. The highest BCUT2D eigenvalue weighted by atomic mass is 79.9. The molecular formula is C36H50BrN3O7. The summed E-state index contributed by atoms with van der Waals surface area (Å²) in [4.78, 5) is 58.5. The summed E-state index contributed by atoms with van der Waals surface area (Å²) in [6.07, 6.45) is 4.33. The molecule has 3 aliphatic rings. The highest BCUT2D eigenvalue weighted by Crippen LogP contribution is 2.60. The molecule has 0 saturated carbocycles. The van der Waals surface area contributed by atoms with Crippen LogP contribution in [0.5, 0.6) is 0 Å². The van der Waals surface area contributed by atoms with Crippen LogP contribution in [-0.4, -0.2) is 93.0 Å². The molecule has 3 amide bonds. The number of aliphatic hydroxyl groups excluding tert-OH is 1. The number of amides is 3. The van der Waals surface area contributed by atoms with Gasteiger partial charge >= 0.3 is 5.97 Å². The van der Waals surface area contributed by atoms with Crippen LogP contribution in [0.2, 0.25) is 0 Å². The molecule has 258 valence electrons. The number of halogens is 1. The van der Waals surface area contributed by atoms with E-state index in [-0.39, 0.29) is 48.9 Å². The molecule has 2 N–H and O–H groups in total. The maximum atomic E-state index is 14.7. The maximum Gasteiger partial charge on any atom is 0.306 e. The lowest BCUT2D eigenvalue weighted by Crippen LogP contribution is -2.61. The van der Waals surface area contributed by atoms with Gasteiger partial charge in [-0.3, -0.25) is 19.2 Å². The molecule has 0 aliphatic carbocycles. The van der Waals surface area contributed by atoms with Crippen LogP contribution in [-0.2, 0) is 28.7 Å². The second-order valence-electron chi connectivity index (χ2n) is 14.7. The minimum Gasteiger partial charge on any atom is -0.463 e. The number of nitrogens with one attached hydrogen (secondary N) is 1. The van der Waals surface area contributed by atoms with Gasteiger partial charge in [0.2, 0.25) is 17.7 Å². The van der Waals surface area contributed by atoms with Gasteiger partial charge in [-0.05, 0) is 44.1 Å². The molecule has 0 radical (unpaired) electrons. The average molecular weight is 717 g/mol. The van der Waals surface area contributed by atoms with Crippen LogP contribution in [0, 0.1) is 17.3 Å². The first-order chi connectivity index (χ1) is 22.1. The summed E-state index contributed by atoms with van der Waals surface area (Å²) >= 11 is 3.72. The smallest absolute Gasteiger partial charge is 0.306 e. The fourth-order valence-electron chi connectivity index (χ4n) is 8.01. The fourth-order valence-corrected chi connectivity index (χ4v) is 8.95. The van der Waals surface area contributed by atoms with E-state index in [1.54, 1.807) is 17.1 Å². The van der Waals surface area contributed by atoms with Crippen LogP contribution in [0.3, 0.4) is 0 Å². The molecule has 10 nitrogen and oxygen atoms in total. The number of hydrogen-bond donors (Lipinski definition) is 2. The predicted molar refractivity (Wildman–Crippen MR) is 182 cm³/mol. The van der Waals surface area contributed by atoms with Crippen molar-refractivity contribution < 1.29 is 33.8 Å². The molecule has 7 atom stereocenters. The zero-order valence-corrected chi connectivity index (χ0v) is 29.8. The van der Waals surface area contributed by atoms with E-state index in [1.165, 1.54) is 4.90 Å². The first-order valence-electron chi connectivity index (χ1n) is 16.4. The summed E-state index contributed by atoms with van der Waals surface area (Å²) in [5.74, 6) is -3.38. The Labute approximate surface area is 287 Å². The topological polar surface area (TPSA) is 125 Å². The Kier molecular flexibility index (Phi) is 11.4. The minimum atomic E-state index is -1.28. The first-order valence-corrected chi connectivity index (χ1v) is 17.3. The number of ether oxygens (including phenoxy) is 2. The summed E-state index contributed by atoms with van der Waals surface area (Å²) in [7, 11) is 0. The second-order valence-corrected chi connectivity index (χ2v) is 15.9. The highest BCUT2D eigenvalue weighted by Gasteiger charge is 2.76. The van der Waals surface area contributed by atoms with Crippen molar-refractivity contribution in [3.8, 4) is 0 Å². The molecule has 11 heteroatoms. The Balaban J connectivity index is 1.68. The summed E-state index contributed by atoms with van der Waals surface area (Å²) in [6, 6.07) is 7.47. The third-order valence-corrected chi connectivity index (χ3v) is 10.3. The minimum absolute atomic E-state index is 0.0717. The molecule has 1 spiro atoms. The SMILES string of the molecule is C=CCCC(=O)OC[C@H](NC(=O)[C@H]1[C@@H]2O[C@@]3(CC2Br)[C@@H]1C(=O)N(CCO)[C@@H]3C(=O)N(CC=C)C(C)(C)CC(C)(C)C)c1ccccc1. The molecule has 2 bridgehead atoms. The molecule has 1 unspecified atom stereocenters. The van der Waals surface area contributed by atoms with Gasteiger partial charge in [0.25, 0.3) is 0 Å². The molecule has 3 aliphatic heterocycles. The van der Waals surface area contributed by atoms with Gasteiger partial charge in [0.05, 0.1) is 30.6 Å². The quantitative estimate of drug-likeness (QED) is 0.157. The molecule has 4 rings (SSSR count). The number of benzene rings is 1. The lowest BCUT2D eigenvalue weighted by Gasteiger charge is -2.45. The summed E-state index contributed by atoms with van der Waals surface area (Å²) < 4.78 is 12.2. The van der Waals surface area contributed by atoms with E-state index in [1.807, 2.05) is 44.2 Å². The number of aliphatic hydroxyl groups is 1. The number of carbonyl (C=O) groups excluding carboxylic acids is 4. The Morgan fingerprint density at radius 3 is 2.47 bits per heavy atom. The van der Waals surface area contributed by atoms with Crippen molar-refractivity contribution in [2.45, 2.75) is 94.5 Å². The van der Waals surface area contributed by atoms with Crippen molar-refractivity contribution in [1.82, 2.24) is 15.1 Å². The maximum absolute atomic E-state index is 14.7. The lowest BCUT2D eigenvalue weighted by molar-refractivity contribution is -0.153. The Bertz CT molecular complexity index is 1350. The summed E-state index contributed by atoms with van der Waals surface area (Å²) in [5.41, 5.74) is -1.23. The van der Waals surface area contributed by atoms with Crippen molar-refractivity contribution in [3.05, 3.63) is 61.2 Å². The van der Waals surface area contributed by atoms with Gasteiger partial charge in [0, 0.05) is 29.9 Å². The largest absolute Gasteiger partial charge is 0.463 e. The van der Waals surface area contributed by atoms with Gasteiger partial charge in [0.15, 0.2) is 0 Å². The standard InChI is InChI=1S/C36H50BrN3O7/c1-8-10-16-26(42)46-21-25(23-14-12-11-13-15-23)38-31(43)27-28-32(44)39(18-19-41)30(36(28)20-24(37)29(27)47-36)33(45)40(17-9-2)35(6,7)22-34(3,4)5/h8-9,11-15,24-25,27-30,41H,1-2,10,16-22H2,3-7H3,(H,38,43)/t24?,25-,27+,28-,29+,30+,36-/m0/s1. The monoisotopic (exact) mass is 715 g/mol. The number of likely N-dealkylation sites (tertiary alicyclic amines) is 1. The predicted octanol–water partition coefficient (Wildman–Crippen LogP) is 4.32. The van der Waals surface area contributed by atoms with Gasteiger partial charge in [-0.25, -0.2) is 0 Å². The number of allylic oxidation sites excluding steroid dienone is 1. The van der Waals surface area contributed by atoms with Gasteiger partial charge in [-0.2, -0.15) is 0 Å². The molecule has 1 aromatic carbocycles. The lowest BCUT2D eigenvalue weighted by atomic mass is 9.70. The van der Waals surface area contributed by atoms with Gasteiger partial charge in [-0.15, -0.1) is 13.2 Å². The number of β-amino-alcohol motifs (C(OH)–C–C–N with tert-alkyl or cyclic N) is 1. The highest BCUT2D eigenvalue weighted by molar-refractivity contribution is 9.09. The van der Waals surface area contributed by atoms with Crippen LogP contribution in [0.1, 0.15) is 71.9 Å². The number of esters is 1. The van der Waals surface area contributed by atoms with Gasteiger partial charge < -0.3 is 29.7 Å². The second kappa shape index (κ2) is 14.6. The Morgan fingerprint density at radius 2 is 1.87 bits per heavy atom. The van der Waals surface area contributed by atoms with Crippen LogP contribution in [0.25, 0.3) is 0 Å². The molecule has 47 heavy (non-hydrogen) atoms. The van der Waals surface area contributed by atoms with Crippen molar-refractivity contribution >= 4 is 39.6 Å². The molecular weight excluding hydrogens is 666 g/mol. The van der Waals surface area contributed by atoms with Gasteiger partial charge in [0.1, 0.15) is 18.2 Å². The van der Waals surface area contributed by atoms with Crippen LogP contribution in [0.4, 0.5) is 0 Å². The number of nitrogens with zero attached hydrogens (tertiary/aromatic N) is 2. The van der Waals surface area contributed by atoms with Gasteiger partial charge in [-0.1, -0.05) is 79.2 Å². The summed E-state index contributed by atoms with van der Waals surface area (Å²) in [5, 5.41) is 13.1. The van der Waals surface area contributed by atoms with E-state index >= 15 is 0 Å². The first kappa shape index (κ1) is 36.8. The molecule has 3 saturated heterocycles. The van der Waals surface area contributed by atoms with E-state index in [4.69, 9.17) is 9.47 Å². The van der Waals surface area contributed by atoms with Crippen molar-refractivity contribution in [2.75, 3.05) is 26.3 Å². The molecule has 0 aromatic heterocycles. The number of fused-ring (bicyclic) bond motifs is 1. The van der Waals surface area contributed by atoms with E-state index in [0.29, 0.717) is 19.3 Å². The third kappa shape index (κ3) is 7.52. The van der Waals surface area contributed by atoms with E-state index in [0.717, 1.165) is 5.56 Å². The van der Waals surface area contributed by atoms with Crippen molar-refractivity contribution in [3.63, 3.8) is 0 Å². The average Bonchev–Trinajstić information content (AvgIpc) is 3.59. The van der Waals surface area contributed by atoms with Crippen LogP contribution < -0.4 is 5.32 Å². The summed E-state index contributed by atoms with van der Waals surface area (Å²) in [6.45, 7) is 17.6. The number of carbonyl (C=O) groups is 4. The zero-order valence-electron chi connectivity index (χ0n) is 28.2. The third-order valence-electron chi connectivity index (χ3n) is 9.42. The van der Waals surface area contributed by atoms with E-state index in [2.05, 4.69) is 55.2 Å². The molecule has 1 aromatic rings. The zero-order chi connectivity index (χ0) is 34.7.